The van der Waals surface area contributed by atoms with E-state index in [2.05, 4.69) is 28.9 Å². The smallest absolute Gasteiger partial charge is 0.200 e. The van der Waals surface area contributed by atoms with E-state index in [1.165, 1.54) is 19.4 Å². The average Bonchev–Trinajstić information content (AvgIpc) is 3.06. The fourth-order valence-corrected chi connectivity index (χ4v) is 3.23. The molecule has 2 aromatic rings. The molecule has 1 fully saturated rings. The molecule has 0 N–H and O–H groups in total. The number of likely N-dealkylation sites (tertiary alicyclic amines) is 1. The maximum Gasteiger partial charge on any atom is 0.200 e. The van der Waals surface area contributed by atoms with Crippen LogP contribution in [-0.4, -0.2) is 45.2 Å². The molecular formula is C15H22N4O. The predicted octanol–water partition coefficient (Wildman–Crippen LogP) is 2.15. The number of hydrogen-bond donors (Lipinski definition) is 0. The molecule has 0 aliphatic carbocycles. The molecule has 1 saturated heterocycles. The Morgan fingerprint density at radius 3 is 2.95 bits per heavy atom. The van der Waals surface area contributed by atoms with Crippen LogP contribution in [0.15, 0.2) is 18.2 Å². The summed E-state index contributed by atoms with van der Waals surface area (Å²) in [4.78, 5) is 2.57. The fraction of sp³-hybridized carbons (Fsp3) is 0.600. The summed E-state index contributed by atoms with van der Waals surface area (Å²) in [6.45, 7) is 5.72. The van der Waals surface area contributed by atoms with Crippen molar-refractivity contribution in [2.45, 2.75) is 45.2 Å². The Kier molecular flexibility index (Phi) is 3.61. The molecule has 0 radical (unpaired) electrons. The largest absolute Gasteiger partial charge is 0.482 e. The molecule has 0 spiro atoms. The molecule has 3 rings (SSSR count). The highest BCUT2D eigenvalue weighted by molar-refractivity contribution is 5.42. The van der Waals surface area contributed by atoms with Crippen LogP contribution >= 0.6 is 0 Å². The van der Waals surface area contributed by atoms with Gasteiger partial charge < -0.3 is 4.74 Å². The molecule has 0 amide bonds. The molecule has 1 atom stereocenters. The Bertz CT molecular complexity index is 593. The van der Waals surface area contributed by atoms with Gasteiger partial charge in [-0.1, -0.05) is 6.07 Å². The Morgan fingerprint density at radius 1 is 1.35 bits per heavy atom. The summed E-state index contributed by atoms with van der Waals surface area (Å²) in [6, 6.07) is 7.02. The maximum atomic E-state index is 5.43. The number of nitrogens with zero attached hydrogens (tertiary/aromatic N) is 4. The van der Waals surface area contributed by atoms with E-state index in [-0.39, 0.29) is 0 Å². The fourth-order valence-electron chi connectivity index (χ4n) is 3.23. The van der Waals surface area contributed by atoms with Crippen LogP contribution in [0.2, 0.25) is 0 Å². The molecule has 1 aliphatic heterocycles. The Hall–Kier alpha value is -1.62. The molecule has 2 aromatic heterocycles. The van der Waals surface area contributed by atoms with Gasteiger partial charge in [0, 0.05) is 18.5 Å². The van der Waals surface area contributed by atoms with E-state index in [4.69, 9.17) is 4.74 Å². The molecule has 20 heavy (non-hydrogen) atoms. The van der Waals surface area contributed by atoms with Crippen LogP contribution in [0.25, 0.3) is 5.65 Å². The van der Waals surface area contributed by atoms with Gasteiger partial charge in [-0.25, -0.2) is 4.40 Å². The van der Waals surface area contributed by atoms with E-state index < -0.39 is 0 Å². The Morgan fingerprint density at radius 2 is 2.20 bits per heavy atom. The van der Waals surface area contributed by atoms with E-state index in [9.17, 15) is 0 Å². The van der Waals surface area contributed by atoms with Crippen LogP contribution in [0.5, 0.6) is 5.88 Å². The third-order valence-electron chi connectivity index (χ3n) is 4.17. The zero-order valence-electron chi connectivity index (χ0n) is 12.4. The van der Waals surface area contributed by atoms with Crippen LogP contribution < -0.4 is 4.74 Å². The zero-order chi connectivity index (χ0) is 14.1. The minimum Gasteiger partial charge on any atom is -0.482 e. The lowest BCUT2D eigenvalue weighted by Crippen LogP contribution is -2.37. The second kappa shape index (κ2) is 5.40. The van der Waals surface area contributed by atoms with Crippen molar-refractivity contribution in [1.82, 2.24) is 19.5 Å². The SMILES string of the molecule is COc1cccc2nnc(CC3CCCN3C(C)C)n12. The van der Waals surface area contributed by atoms with Crippen LogP contribution in [0.4, 0.5) is 0 Å². The van der Waals surface area contributed by atoms with E-state index in [0.717, 1.165) is 23.8 Å². The zero-order valence-corrected chi connectivity index (χ0v) is 12.4. The Balaban J connectivity index is 1.91. The van der Waals surface area contributed by atoms with Crippen LogP contribution in [0, 0.1) is 0 Å². The quantitative estimate of drug-likeness (QED) is 0.857. The van der Waals surface area contributed by atoms with Gasteiger partial charge in [0.15, 0.2) is 5.65 Å². The van der Waals surface area contributed by atoms with Crippen LogP contribution in [-0.2, 0) is 6.42 Å². The molecule has 0 aromatic carbocycles. The standard InChI is InChI=1S/C15H22N4O/c1-11(2)18-9-5-6-12(18)10-14-17-16-13-7-4-8-15(20-3)19(13)14/h4,7-8,11-12H,5-6,9-10H2,1-3H3. The number of methoxy groups -OCH3 is 1. The highest BCUT2D eigenvalue weighted by atomic mass is 16.5. The van der Waals surface area contributed by atoms with Crippen LogP contribution in [0.1, 0.15) is 32.5 Å². The first kappa shape index (κ1) is 13.4. The Labute approximate surface area is 119 Å². The highest BCUT2D eigenvalue weighted by Crippen LogP contribution is 2.24. The summed E-state index contributed by atoms with van der Waals surface area (Å²) in [7, 11) is 1.69. The molecule has 108 valence electrons. The van der Waals surface area contributed by atoms with Crippen molar-refractivity contribution in [3.63, 3.8) is 0 Å². The lowest BCUT2D eigenvalue weighted by Gasteiger charge is -2.27. The van der Waals surface area contributed by atoms with Crippen molar-refractivity contribution in [2.24, 2.45) is 0 Å². The van der Waals surface area contributed by atoms with Gasteiger partial charge in [0.2, 0.25) is 5.88 Å². The molecule has 0 bridgehead atoms. The first-order valence-electron chi connectivity index (χ1n) is 7.33. The topological polar surface area (TPSA) is 42.7 Å². The van der Waals surface area contributed by atoms with E-state index >= 15 is 0 Å². The minimum atomic E-state index is 0.562. The predicted molar refractivity (Wildman–Crippen MR) is 78.1 cm³/mol. The van der Waals surface area contributed by atoms with Crippen molar-refractivity contribution in [2.75, 3.05) is 13.7 Å². The summed E-state index contributed by atoms with van der Waals surface area (Å²) < 4.78 is 7.46. The van der Waals surface area contributed by atoms with E-state index in [1.54, 1.807) is 7.11 Å². The first-order valence-corrected chi connectivity index (χ1v) is 7.33. The van der Waals surface area contributed by atoms with Gasteiger partial charge in [-0.2, -0.15) is 0 Å². The maximum absolute atomic E-state index is 5.43. The highest BCUT2D eigenvalue weighted by Gasteiger charge is 2.28. The van der Waals surface area contributed by atoms with Gasteiger partial charge >= 0.3 is 0 Å². The van der Waals surface area contributed by atoms with Gasteiger partial charge in [-0.15, -0.1) is 10.2 Å². The van der Waals surface area contributed by atoms with Gasteiger partial charge in [0.1, 0.15) is 5.82 Å². The average molecular weight is 274 g/mol. The number of hydrogen-bond acceptors (Lipinski definition) is 4. The summed E-state index contributed by atoms with van der Waals surface area (Å²) in [6.07, 6.45) is 3.44. The van der Waals surface area contributed by atoms with Gasteiger partial charge in [0.05, 0.1) is 7.11 Å². The summed E-state index contributed by atoms with van der Waals surface area (Å²) >= 11 is 0. The first-order chi connectivity index (χ1) is 9.70. The summed E-state index contributed by atoms with van der Waals surface area (Å²) in [5.74, 6) is 1.80. The molecule has 3 heterocycles. The summed E-state index contributed by atoms with van der Waals surface area (Å²) in [5, 5.41) is 8.62. The van der Waals surface area contributed by atoms with E-state index in [1.807, 2.05) is 22.6 Å². The van der Waals surface area contributed by atoms with Crippen molar-refractivity contribution in [3.05, 3.63) is 24.0 Å². The number of rotatable bonds is 4. The molecular weight excluding hydrogens is 252 g/mol. The normalized spacial score (nSPS) is 20.1. The minimum absolute atomic E-state index is 0.562. The van der Waals surface area contributed by atoms with Crippen molar-refractivity contribution in [3.8, 4) is 5.88 Å². The van der Waals surface area contributed by atoms with Gasteiger partial charge in [-0.05, 0) is 45.4 Å². The van der Waals surface area contributed by atoms with Crippen LogP contribution in [0.3, 0.4) is 0 Å². The number of fused-ring (bicyclic) bond motifs is 1. The van der Waals surface area contributed by atoms with E-state index in [0.29, 0.717) is 12.1 Å². The monoisotopic (exact) mass is 274 g/mol. The molecule has 1 unspecified atom stereocenters. The third kappa shape index (κ3) is 2.26. The molecule has 1 aliphatic rings. The lowest BCUT2D eigenvalue weighted by atomic mass is 10.1. The second-order valence-electron chi connectivity index (χ2n) is 5.71. The van der Waals surface area contributed by atoms with Gasteiger partial charge in [-0.3, -0.25) is 4.90 Å². The molecule has 5 nitrogen and oxygen atoms in total. The number of pyridine rings is 1. The lowest BCUT2D eigenvalue weighted by molar-refractivity contribution is 0.200. The molecule has 0 saturated carbocycles. The van der Waals surface area contributed by atoms with Crippen molar-refractivity contribution >= 4 is 5.65 Å². The summed E-state index contributed by atoms with van der Waals surface area (Å²) in [5.41, 5.74) is 0.855. The third-order valence-corrected chi connectivity index (χ3v) is 4.17. The second-order valence-corrected chi connectivity index (χ2v) is 5.71. The van der Waals surface area contributed by atoms with Crippen molar-refractivity contribution in [1.29, 1.82) is 0 Å². The molecule has 5 heteroatoms. The van der Waals surface area contributed by atoms with Crippen molar-refractivity contribution < 1.29 is 4.74 Å². The number of aromatic nitrogens is 3. The van der Waals surface area contributed by atoms with Gasteiger partial charge in [0.25, 0.3) is 0 Å². The number of ether oxygens (including phenoxy) is 1.